The van der Waals surface area contributed by atoms with Crippen LogP contribution in [0.3, 0.4) is 0 Å². The molecule has 3 rings (SSSR count). The Morgan fingerprint density at radius 2 is 1.85 bits per heavy atom. The van der Waals surface area contributed by atoms with Crippen molar-refractivity contribution in [2.45, 2.75) is 59.0 Å². The Hall–Kier alpha value is -2.50. The van der Waals surface area contributed by atoms with Gasteiger partial charge < -0.3 is 14.8 Å². The van der Waals surface area contributed by atoms with Gasteiger partial charge in [-0.25, -0.2) is 0 Å². The molecule has 2 aromatic rings. The second-order valence-corrected chi connectivity index (χ2v) is 8.00. The summed E-state index contributed by atoms with van der Waals surface area (Å²) in [4.78, 5) is 12.7. The molecule has 6 nitrogen and oxygen atoms in total. The first kappa shape index (κ1) is 18.3. The van der Waals surface area contributed by atoms with Gasteiger partial charge in [0.2, 0.25) is 6.79 Å². The van der Waals surface area contributed by atoms with E-state index in [-0.39, 0.29) is 30.2 Å². The highest BCUT2D eigenvalue weighted by molar-refractivity contribution is 5.92. The molecule has 1 aliphatic rings. The standard InChI is InChI=1S/C20H27N3O3/c1-12(2)16-10-15(22-23(16)20(4,5)6)19(24)21-13(3)14-7-8-17-18(9-14)26-11-25-17/h7-10,12-13H,11H2,1-6H3,(H,21,24). The van der Waals surface area contributed by atoms with Gasteiger partial charge in [-0.1, -0.05) is 19.9 Å². The van der Waals surface area contributed by atoms with Crippen LogP contribution in [0.5, 0.6) is 11.5 Å². The SMILES string of the molecule is CC(C)c1cc(C(=O)NC(C)c2ccc3c(c2)OCO3)nn1C(C)(C)C. The molecule has 6 heteroatoms. The average molecular weight is 357 g/mol. The third-order valence-electron chi connectivity index (χ3n) is 4.44. The van der Waals surface area contributed by atoms with E-state index in [1.54, 1.807) is 0 Å². The van der Waals surface area contributed by atoms with Crippen LogP contribution in [0.4, 0.5) is 0 Å². The Kier molecular flexibility index (Phi) is 4.69. The lowest BCUT2D eigenvalue weighted by Crippen LogP contribution is -2.29. The summed E-state index contributed by atoms with van der Waals surface area (Å²) in [5.41, 5.74) is 2.28. The van der Waals surface area contributed by atoms with Crippen LogP contribution in [0.1, 0.15) is 75.2 Å². The molecule has 1 atom stereocenters. The van der Waals surface area contributed by atoms with Crippen molar-refractivity contribution in [2.75, 3.05) is 6.79 Å². The lowest BCUT2D eigenvalue weighted by molar-refractivity contribution is 0.0933. The van der Waals surface area contributed by atoms with Crippen molar-refractivity contribution in [2.24, 2.45) is 0 Å². The molecule has 0 bridgehead atoms. The fourth-order valence-electron chi connectivity index (χ4n) is 2.99. The average Bonchev–Trinajstić information content (AvgIpc) is 3.20. The first-order chi connectivity index (χ1) is 12.2. The number of fused-ring (bicyclic) bond motifs is 1. The van der Waals surface area contributed by atoms with E-state index in [1.807, 2.05) is 35.9 Å². The fourth-order valence-corrected chi connectivity index (χ4v) is 2.99. The number of nitrogens with zero attached hydrogens (tertiary/aromatic N) is 2. The number of rotatable bonds is 4. The molecule has 1 unspecified atom stereocenters. The molecular weight excluding hydrogens is 330 g/mol. The van der Waals surface area contributed by atoms with Crippen LogP contribution in [-0.2, 0) is 5.54 Å². The van der Waals surface area contributed by atoms with Crippen LogP contribution in [0, 0.1) is 0 Å². The first-order valence-corrected chi connectivity index (χ1v) is 8.97. The van der Waals surface area contributed by atoms with Gasteiger partial charge in [-0.2, -0.15) is 5.10 Å². The lowest BCUT2D eigenvalue weighted by atomic mass is 10.1. The Morgan fingerprint density at radius 3 is 2.46 bits per heavy atom. The molecule has 0 radical (unpaired) electrons. The molecule has 0 saturated heterocycles. The van der Waals surface area contributed by atoms with E-state index < -0.39 is 0 Å². The number of benzene rings is 1. The van der Waals surface area contributed by atoms with Crippen LogP contribution in [0.2, 0.25) is 0 Å². The maximum atomic E-state index is 12.7. The van der Waals surface area contributed by atoms with Crippen molar-refractivity contribution in [3.63, 3.8) is 0 Å². The summed E-state index contributed by atoms with van der Waals surface area (Å²) in [6, 6.07) is 7.43. The van der Waals surface area contributed by atoms with Crippen LogP contribution < -0.4 is 14.8 Å². The van der Waals surface area contributed by atoms with E-state index in [2.05, 4.69) is 45.0 Å². The summed E-state index contributed by atoms with van der Waals surface area (Å²) >= 11 is 0. The van der Waals surface area contributed by atoms with Crippen molar-refractivity contribution in [1.29, 1.82) is 0 Å². The monoisotopic (exact) mass is 357 g/mol. The van der Waals surface area contributed by atoms with E-state index in [4.69, 9.17) is 9.47 Å². The number of aromatic nitrogens is 2. The maximum Gasteiger partial charge on any atom is 0.272 e. The molecule has 0 fully saturated rings. The van der Waals surface area contributed by atoms with E-state index in [0.717, 1.165) is 17.0 Å². The normalized spacial score (nSPS) is 14.6. The zero-order chi connectivity index (χ0) is 19.1. The van der Waals surface area contributed by atoms with Crippen molar-refractivity contribution in [3.05, 3.63) is 41.2 Å². The van der Waals surface area contributed by atoms with Gasteiger partial charge in [-0.3, -0.25) is 9.48 Å². The molecule has 0 aliphatic carbocycles. The fraction of sp³-hybridized carbons (Fsp3) is 0.500. The molecular formula is C20H27N3O3. The van der Waals surface area contributed by atoms with Crippen molar-refractivity contribution in [1.82, 2.24) is 15.1 Å². The zero-order valence-corrected chi connectivity index (χ0v) is 16.3. The minimum absolute atomic E-state index is 0.167. The minimum atomic E-state index is -0.180. The first-order valence-electron chi connectivity index (χ1n) is 8.97. The Morgan fingerprint density at radius 1 is 1.15 bits per heavy atom. The van der Waals surface area contributed by atoms with E-state index >= 15 is 0 Å². The van der Waals surface area contributed by atoms with Gasteiger partial charge in [0.15, 0.2) is 11.5 Å². The number of hydrogen-bond acceptors (Lipinski definition) is 4. The number of amides is 1. The molecule has 140 valence electrons. The van der Waals surface area contributed by atoms with Gasteiger partial charge in [0.05, 0.1) is 11.6 Å². The van der Waals surface area contributed by atoms with E-state index in [0.29, 0.717) is 11.4 Å². The van der Waals surface area contributed by atoms with Crippen LogP contribution in [0.15, 0.2) is 24.3 Å². The quantitative estimate of drug-likeness (QED) is 0.899. The molecule has 1 aromatic heterocycles. The highest BCUT2D eigenvalue weighted by Gasteiger charge is 2.24. The summed E-state index contributed by atoms with van der Waals surface area (Å²) in [6.07, 6.45) is 0. The summed E-state index contributed by atoms with van der Waals surface area (Å²) in [5, 5.41) is 7.59. The summed E-state index contributed by atoms with van der Waals surface area (Å²) in [6.45, 7) is 12.7. The second-order valence-electron chi connectivity index (χ2n) is 8.00. The molecule has 1 aromatic carbocycles. The topological polar surface area (TPSA) is 65.4 Å². The van der Waals surface area contributed by atoms with Gasteiger partial charge >= 0.3 is 0 Å². The molecule has 1 amide bonds. The number of carbonyl (C=O) groups is 1. The highest BCUT2D eigenvalue weighted by atomic mass is 16.7. The van der Waals surface area contributed by atoms with Crippen LogP contribution in [-0.4, -0.2) is 22.5 Å². The molecule has 2 heterocycles. The van der Waals surface area contributed by atoms with Gasteiger partial charge in [0.25, 0.3) is 5.91 Å². The molecule has 0 spiro atoms. The Bertz CT molecular complexity index is 818. The molecule has 26 heavy (non-hydrogen) atoms. The third kappa shape index (κ3) is 3.54. The highest BCUT2D eigenvalue weighted by Crippen LogP contribution is 2.34. The van der Waals surface area contributed by atoms with E-state index in [9.17, 15) is 4.79 Å². The predicted octanol–water partition coefficient (Wildman–Crippen LogP) is 3.98. The number of ether oxygens (including phenoxy) is 2. The largest absolute Gasteiger partial charge is 0.454 e. The van der Waals surface area contributed by atoms with Gasteiger partial charge in [-0.05, 0) is 57.4 Å². The summed E-state index contributed by atoms with van der Waals surface area (Å²) in [5.74, 6) is 1.55. The van der Waals surface area contributed by atoms with Gasteiger partial charge in [0, 0.05) is 5.69 Å². The second kappa shape index (κ2) is 6.67. The van der Waals surface area contributed by atoms with Crippen molar-refractivity contribution in [3.8, 4) is 11.5 Å². The van der Waals surface area contributed by atoms with Crippen LogP contribution >= 0.6 is 0 Å². The Labute approximate surface area is 154 Å². The molecule has 0 saturated carbocycles. The maximum absolute atomic E-state index is 12.7. The lowest BCUT2D eigenvalue weighted by Gasteiger charge is -2.23. The van der Waals surface area contributed by atoms with Crippen LogP contribution in [0.25, 0.3) is 0 Å². The number of carbonyl (C=O) groups excluding carboxylic acids is 1. The zero-order valence-electron chi connectivity index (χ0n) is 16.3. The van der Waals surface area contributed by atoms with Crippen molar-refractivity contribution >= 4 is 5.91 Å². The van der Waals surface area contributed by atoms with Gasteiger partial charge in [0.1, 0.15) is 5.69 Å². The smallest absolute Gasteiger partial charge is 0.272 e. The van der Waals surface area contributed by atoms with Crippen molar-refractivity contribution < 1.29 is 14.3 Å². The predicted molar refractivity (Wildman–Crippen MR) is 99.8 cm³/mol. The summed E-state index contributed by atoms with van der Waals surface area (Å²) < 4.78 is 12.7. The third-order valence-corrected chi connectivity index (χ3v) is 4.44. The molecule has 1 N–H and O–H groups in total. The number of nitrogens with one attached hydrogen (secondary N) is 1. The Balaban J connectivity index is 1.79. The molecule has 1 aliphatic heterocycles. The minimum Gasteiger partial charge on any atom is -0.454 e. The number of hydrogen-bond donors (Lipinski definition) is 1. The van der Waals surface area contributed by atoms with E-state index in [1.165, 1.54) is 0 Å². The summed E-state index contributed by atoms with van der Waals surface area (Å²) in [7, 11) is 0. The van der Waals surface area contributed by atoms with Gasteiger partial charge in [-0.15, -0.1) is 0 Å².